The summed E-state index contributed by atoms with van der Waals surface area (Å²) >= 11 is 0. The number of rotatable bonds is 3. The van der Waals surface area contributed by atoms with Crippen LogP contribution in [0.4, 0.5) is 0 Å². The van der Waals surface area contributed by atoms with Crippen molar-refractivity contribution >= 4 is 5.91 Å². The molecule has 1 aromatic carbocycles. The second kappa shape index (κ2) is 5.60. The lowest BCUT2D eigenvalue weighted by atomic mass is 10.0. The number of carbonyl (C=O) groups excluding carboxylic acids is 1. The van der Waals surface area contributed by atoms with E-state index in [0.717, 1.165) is 30.7 Å². The van der Waals surface area contributed by atoms with Crippen LogP contribution in [0.3, 0.4) is 0 Å². The maximum Gasteiger partial charge on any atom is 0.272 e. The molecular formula is C16H19N3O2. The van der Waals surface area contributed by atoms with Crippen molar-refractivity contribution in [3.8, 4) is 5.75 Å². The quantitative estimate of drug-likeness (QED) is 0.870. The van der Waals surface area contributed by atoms with Crippen LogP contribution in [-0.4, -0.2) is 34.0 Å². The first-order valence-corrected chi connectivity index (χ1v) is 7.12. The summed E-state index contributed by atoms with van der Waals surface area (Å²) in [7, 11) is 3.50. The lowest BCUT2D eigenvalue weighted by Gasteiger charge is -2.25. The van der Waals surface area contributed by atoms with E-state index in [-0.39, 0.29) is 11.9 Å². The number of aryl methyl sites for hydroxylation is 1. The number of amides is 1. The van der Waals surface area contributed by atoms with Crippen molar-refractivity contribution in [1.29, 1.82) is 0 Å². The average Bonchev–Trinajstić information content (AvgIpc) is 3.15. The van der Waals surface area contributed by atoms with Gasteiger partial charge in [-0.15, -0.1) is 0 Å². The molecule has 0 N–H and O–H groups in total. The number of hydrogen-bond donors (Lipinski definition) is 0. The molecule has 1 aliphatic heterocycles. The zero-order chi connectivity index (χ0) is 14.8. The van der Waals surface area contributed by atoms with E-state index in [1.54, 1.807) is 24.2 Å². The van der Waals surface area contributed by atoms with Gasteiger partial charge in [-0.1, -0.05) is 12.1 Å². The predicted molar refractivity (Wildman–Crippen MR) is 79.2 cm³/mol. The van der Waals surface area contributed by atoms with Crippen LogP contribution < -0.4 is 4.74 Å². The lowest BCUT2D eigenvalue weighted by Crippen LogP contribution is -2.31. The zero-order valence-electron chi connectivity index (χ0n) is 12.3. The van der Waals surface area contributed by atoms with Crippen molar-refractivity contribution < 1.29 is 9.53 Å². The Morgan fingerprint density at radius 1 is 1.43 bits per heavy atom. The molecule has 21 heavy (non-hydrogen) atoms. The van der Waals surface area contributed by atoms with E-state index in [4.69, 9.17) is 4.74 Å². The van der Waals surface area contributed by atoms with Gasteiger partial charge >= 0.3 is 0 Å². The topological polar surface area (TPSA) is 47.4 Å². The molecule has 1 aliphatic rings. The molecule has 0 bridgehead atoms. The maximum absolute atomic E-state index is 12.7. The number of imidazole rings is 1. The highest BCUT2D eigenvalue weighted by Gasteiger charge is 2.31. The van der Waals surface area contributed by atoms with E-state index in [9.17, 15) is 4.79 Å². The van der Waals surface area contributed by atoms with Crippen LogP contribution in [-0.2, 0) is 7.05 Å². The Balaban J connectivity index is 1.88. The fraction of sp³-hybridized carbons (Fsp3) is 0.375. The summed E-state index contributed by atoms with van der Waals surface area (Å²) in [6.45, 7) is 0.784. The number of carbonyl (C=O) groups is 1. The minimum absolute atomic E-state index is 0.0420. The summed E-state index contributed by atoms with van der Waals surface area (Å²) in [4.78, 5) is 18.7. The molecule has 1 unspecified atom stereocenters. The highest BCUT2D eigenvalue weighted by molar-refractivity contribution is 5.92. The maximum atomic E-state index is 12.7. The van der Waals surface area contributed by atoms with Gasteiger partial charge in [-0.3, -0.25) is 4.79 Å². The van der Waals surface area contributed by atoms with E-state index in [1.807, 2.05) is 30.1 Å². The van der Waals surface area contributed by atoms with Crippen molar-refractivity contribution in [2.75, 3.05) is 13.7 Å². The van der Waals surface area contributed by atoms with Crippen LogP contribution in [0.25, 0.3) is 0 Å². The molecule has 1 amide bonds. The second-order valence-electron chi connectivity index (χ2n) is 5.32. The van der Waals surface area contributed by atoms with Gasteiger partial charge in [0.1, 0.15) is 11.4 Å². The number of nitrogens with zero attached hydrogens (tertiary/aromatic N) is 3. The van der Waals surface area contributed by atoms with Gasteiger partial charge < -0.3 is 14.2 Å². The van der Waals surface area contributed by atoms with Gasteiger partial charge in [-0.25, -0.2) is 4.98 Å². The molecule has 2 heterocycles. The number of hydrogen-bond acceptors (Lipinski definition) is 3. The SMILES string of the molecule is COc1cccc(C2CCCN2C(=O)c2cncn2C)c1. The molecular weight excluding hydrogens is 266 g/mol. The summed E-state index contributed by atoms with van der Waals surface area (Å²) in [5, 5.41) is 0. The van der Waals surface area contributed by atoms with Crippen molar-refractivity contribution in [2.45, 2.75) is 18.9 Å². The summed E-state index contributed by atoms with van der Waals surface area (Å²) < 4.78 is 7.05. The number of ether oxygens (including phenoxy) is 1. The van der Waals surface area contributed by atoms with Crippen LogP contribution in [0.1, 0.15) is 34.9 Å². The van der Waals surface area contributed by atoms with E-state index in [2.05, 4.69) is 11.1 Å². The normalized spacial score (nSPS) is 18.0. The molecule has 0 aliphatic carbocycles. The molecule has 3 rings (SSSR count). The van der Waals surface area contributed by atoms with Crippen molar-refractivity contribution in [2.24, 2.45) is 7.05 Å². The number of likely N-dealkylation sites (tertiary alicyclic amines) is 1. The minimum atomic E-state index is 0.0420. The Bertz CT molecular complexity index is 650. The molecule has 1 saturated heterocycles. The molecule has 1 fully saturated rings. The van der Waals surface area contributed by atoms with Crippen LogP contribution >= 0.6 is 0 Å². The molecule has 1 aromatic heterocycles. The Labute approximate surface area is 124 Å². The molecule has 5 nitrogen and oxygen atoms in total. The van der Waals surface area contributed by atoms with Crippen molar-refractivity contribution in [3.05, 3.63) is 48.0 Å². The van der Waals surface area contributed by atoms with Crippen LogP contribution in [0.5, 0.6) is 5.75 Å². The molecule has 0 radical (unpaired) electrons. The van der Waals surface area contributed by atoms with Gasteiger partial charge in [0.15, 0.2) is 0 Å². The molecule has 2 aromatic rings. The fourth-order valence-electron chi connectivity index (χ4n) is 2.92. The Morgan fingerprint density at radius 3 is 3.00 bits per heavy atom. The molecule has 1 atom stereocenters. The number of aromatic nitrogens is 2. The third-order valence-electron chi connectivity index (χ3n) is 4.03. The van der Waals surface area contributed by atoms with E-state index >= 15 is 0 Å². The zero-order valence-corrected chi connectivity index (χ0v) is 12.3. The van der Waals surface area contributed by atoms with E-state index < -0.39 is 0 Å². The van der Waals surface area contributed by atoms with Crippen molar-refractivity contribution in [3.63, 3.8) is 0 Å². The molecule has 0 saturated carbocycles. The Hall–Kier alpha value is -2.30. The smallest absolute Gasteiger partial charge is 0.272 e. The average molecular weight is 285 g/mol. The summed E-state index contributed by atoms with van der Waals surface area (Å²) in [5.41, 5.74) is 1.76. The monoisotopic (exact) mass is 285 g/mol. The highest BCUT2D eigenvalue weighted by Crippen LogP contribution is 2.34. The van der Waals surface area contributed by atoms with Gasteiger partial charge in [-0.2, -0.15) is 0 Å². The van der Waals surface area contributed by atoms with Gasteiger partial charge in [0.05, 0.1) is 25.7 Å². The van der Waals surface area contributed by atoms with Gasteiger partial charge in [0, 0.05) is 13.6 Å². The summed E-state index contributed by atoms with van der Waals surface area (Å²) in [6, 6.07) is 8.08. The fourth-order valence-corrected chi connectivity index (χ4v) is 2.92. The van der Waals surface area contributed by atoms with Gasteiger partial charge in [-0.05, 0) is 30.5 Å². The molecule has 110 valence electrons. The van der Waals surface area contributed by atoms with Crippen LogP contribution in [0, 0.1) is 0 Å². The Kier molecular flexibility index (Phi) is 3.64. The van der Waals surface area contributed by atoms with Crippen molar-refractivity contribution in [1.82, 2.24) is 14.5 Å². The van der Waals surface area contributed by atoms with E-state index in [0.29, 0.717) is 5.69 Å². The van der Waals surface area contributed by atoms with Gasteiger partial charge in [0.25, 0.3) is 5.91 Å². The summed E-state index contributed by atoms with van der Waals surface area (Å²) in [6.07, 6.45) is 5.29. The Morgan fingerprint density at radius 2 is 2.29 bits per heavy atom. The first kappa shape index (κ1) is 13.7. The highest BCUT2D eigenvalue weighted by atomic mass is 16.5. The standard InChI is InChI=1S/C16H19N3O2/c1-18-11-17-10-15(18)16(20)19-8-4-7-14(19)12-5-3-6-13(9-12)21-2/h3,5-6,9-11,14H,4,7-8H2,1-2H3. The molecule has 0 spiro atoms. The van der Waals surface area contributed by atoms with E-state index in [1.165, 1.54) is 0 Å². The number of benzene rings is 1. The second-order valence-corrected chi connectivity index (χ2v) is 5.32. The largest absolute Gasteiger partial charge is 0.497 e. The first-order chi connectivity index (χ1) is 10.2. The van der Waals surface area contributed by atoms with Gasteiger partial charge in [0.2, 0.25) is 0 Å². The number of methoxy groups -OCH3 is 1. The first-order valence-electron chi connectivity index (χ1n) is 7.12. The summed E-state index contributed by atoms with van der Waals surface area (Å²) in [5.74, 6) is 0.868. The third-order valence-corrected chi connectivity index (χ3v) is 4.03. The predicted octanol–water partition coefficient (Wildman–Crippen LogP) is 2.41. The minimum Gasteiger partial charge on any atom is -0.497 e. The lowest BCUT2D eigenvalue weighted by molar-refractivity contribution is 0.0725. The van der Waals surface area contributed by atoms with Crippen LogP contribution in [0.2, 0.25) is 0 Å². The molecule has 5 heteroatoms. The third kappa shape index (κ3) is 2.51. The van der Waals surface area contributed by atoms with Crippen LogP contribution in [0.15, 0.2) is 36.8 Å².